The molecule has 2 heterocycles. The Labute approximate surface area is 180 Å². The van der Waals surface area contributed by atoms with Crippen LogP contribution in [0.25, 0.3) is 6.08 Å². The number of benzene rings is 2. The number of aromatic hydroxyl groups is 1. The van der Waals surface area contributed by atoms with E-state index in [-0.39, 0.29) is 17.3 Å². The molecule has 1 saturated heterocycles. The molecule has 0 bridgehead atoms. The van der Waals surface area contributed by atoms with E-state index in [1.165, 1.54) is 0 Å². The number of aryl methyl sites for hydroxylation is 1. The van der Waals surface area contributed by atoms with Crippen molar-refractivity contribution < 1.29 is 14.6 Å². The fourth-order valence-electron chi connectivity index (χ4n) is 3.96. The van der Waals surface area contributed by atoms with Gasteiger partial charge in [0.1, 0.15) is 11.5 Å². The third-order valence-corrected chi connectivity index (χ3v) is 6.41. The van der Waals surface area contributed by atoms with E-state index in [9.17, 15) is 9.90 Å². The van der Waals surface area contributed by atoms with Gasteiger partial charge in [-0.2, -0.15) is 0 Å². The van der Waals surface area contributed by atoms with Gasteiger partial charge in [0.2, 0.25) is 5.78 Å². The molecule has 4 nitrogen and oxygen atoms in total. The van der Waals surface area contributed by atoms with Gasteiger partial charge in [-0.3, -0.25) is 9.69 Å². The van der Waals surface area contributed by atoms with E-state index in [1.54, 1.807) is 37.3 Å². The summed E-state index contributed by atoms with van der Waals surface area (Å²) in [5.41, 5.74) is 2.38. The predicted octanol–water partition coefficient (Wildman–Crippen LogP) is 5.86. The number of fused-ring (bicyclic) bond motifs is 1. The van der Waals surface area contributed by atoms with Crippen molar-refractivity contribution in [2.75, 3.05) is 13.1 Å². The standard InChI is InChI=1S/C23H23Cl2NO3/c1-13-6-8-26(9-7-13)12-16-19(27)10-14(2)21-22(28)20(29-23(16)21)11-15-17(24)4-3-5-18(15)25/h3-5,10-11,13,27H,6-9,12H2,1-2H3/b20-11-. The monoisotopic (exact) mass is 431 g/mol. The largest absolute Gasteiger partial charge is 0.507 e. The van der Waals surface area contributed by atoms with Crippen LogP contribution in [0.5, 0.6) is 11.5 Å². The van der Waals surface area contributed by atoms with Crippen molar-refractivity contribution in [1.29, 1.82) is 0 Å². The first-order chi connectivity index (χ1) is 13.8. The van der Waals surface area contributed by atoms with E-state index in [0.717, 1.165) is 31.8 Å². The van der Waals surface area contributed by atoms with Crippen molar-refractivity contribution >= 4 is 35.1 Å². The molecule has 4 rings (SSSR count). The van der Waals surface area contributed by atoms with Gasteiger partial charge in [-0.25, -0.2) is 0 Å². The van der Waals surface area contributed by atoms with Crippen LogP contribution in [0.4, 0.5) is 0 Å². The van der Waals surface area contributed by atoms with Crippen LogP contribution in [0.3, 0.4) is 0 Å². The first-order valence-corrected chi connectivity index (χ1v) is 10.6. The van der Waals surface area contributed by atoms with Gasteiger partial charge in [0.25, 0.3) is 0 Å². The van der Waals surface area contributed by atoms with Crippen LogP contribution in [0.2, 0.25) is 10.0 Å². The number of phenolic OH excluding ortho intramolecular Hbond substituents is 1. The number of phenols is 1. The van der Waals surface area contributed by atoms with Gasteiger partial charge in [0.05, 0.1) is 11.1 Å². The zero-order valence-corrected chi connectivity index (χ0v) is 18.0. The molecule has 0 radical (unpaired) electrons. The zero-order chi connectivity index (χ0) is 20.7. The number of carbonyl (C=O) groups excluding carboxylic acids is 1. The number of ether oxygens (including phenoxy) is 1. The lowest BCUT2D eigenvalue weighted by Gasteiger charge is -2.30. The molecule has 1 fully saturated rings. The fraction of sp³-hybridized carbons (Fsp3) is 0.348. The fourth-order valence-corrected chi connectivity index (χ4v) is 4.46. The summed E-state index contributed by atoms with van der Waals surface area (Å²) in [6, 6.07) is 6.82. The van der Waals surface area contributed by atoms with Crippen LogP contribution in [-0.4, -0.2) is 28.9 Å². The number of halogens is 2. The number of nitrogens with zero attached hydrogens (tertiary/aromatic N) is 1. The van der Waals surface area contributed by atoms with Gasteiger partial charge < -0.3 is 9.84 Å². The number of likely N-dealkylation sites (tertiary alicyclic amines) is 1. The number of piperidine rings is 1. The Morgan fingerprint density at radius 1 is 1.24 bits per heavy atom. The number of rotatable bonds is 3. The SMILES string of the molecule is Cc1cc(O)c(CN2CCC(C)CC2)c2c1C(=O)/C(=C/c1c(Cl)cccc1Cl)O2. The lowest BCUT2D eigenvalue weighted by molar-refractivity contribution is 0.101. The summed E-state index contributed by atoms with van der Waals surface area (Å²) < 4.78 is 6.00. The summed E-state index contributed by atoms with van der Waals surface area (Å²) >= 11 is 12.5. The number of hydrogen-bond acceptors (Lipinski definition) is 4. The summed E-state index contributed by atoms with van der Waals surface area (Å²) in [5.74, 6) is 1.26. The van der Waals surface area contributed by atoms with Gasteiger partial charge in [-0.1, -0.05) is 36.2 Å². The molecule has 2 aliphatic heterocycles. The summed E-state index contributed by atoms with van der Waals surface area (Å²) in [7, 11) is 0. The van der Waals surface area contributed by atoms with Gasteiger partial charge in [-0.05, 0) is 68.6 Å². The molecule has 0 saturated carbocycles. The molecule has 29 heavy (non-hydrogen) atoms. The minimum atomic E-state index is -0.220. The Morgan fingerprint density at radius 2 is 1.90 bits per heavy atom. The number of allylic oxidation sites excluding steroid dienone is 1. The molecule has 0 spiro atoms. The molecule has 0 aliphatic carbocycles. The number of hydrogen-bond donors (Lipinski definition) is 1. The lowest BCUT2D eigenvalue weighted by Crippen LogP contribution is -2.32. The molecule has 2 aliphatic rings. The van der Waals surface area contributed by atoms with Crippen molar-refractivity contribution in [3.8, 4) is 11.5 Å². The van der Waals surface area contributed by atoms with Gasteiger partial charge in [0.15, 0.2) is 5.76 Å². The molecule has 2 aromatic carbocycles. The number of Topliss-reactive ketones (excluding diaryl/α,β-unsaturated/α-hetero) is 1. The van der Waals surface area contributed by atoms with Crippen molar-refractivity contribution in [2.24, 2.45) is 5.92 Å². The lowest BCUT2D eigenvalue weighted by atomic mass is 9.96. The summed E-state index contributed by atoms with van der Waals surface area (Å²) in [5, 5.41) is 11.5. The normalized spacial score (nSPS) is 18.9. The maximum atomic E-state index is 13.1. The van der Waals surface area contributed by atoms with Crippen LogP contribution in [0.15, 0.2) is 30.0 Å². The summed E-state index contributed by atoms with van der Waals surface area (Å²) in [6.07, 6.45) is 3.84. The quantitative estimate of drug-likeness (QED) is 0.618. The molecule has 152 valence electrons. The summed E-state index contributed by atoms with van der Waals surface area (Å²) in [4.78, 5) is 15.4. The molecule has 0 aromatic heterocycles. The van der Waals surface area contributed by atoms with E-state index in [0.29, 0.717) is 44.6 Å². The maximum Gasteiger partial charge on any atom is 0.232 e. The third kappa shape index (κ3) is 3.89. The van der Waals surface area contributed by atoms with Crippen molar-refractivity contribution in [1.82, 2.24) is 4.90 Å². The maximum absolute atomic E-state index is 13.1. The third-order valence-electron chi connectivity index (χ3n) is 5.75. The minimum absolute atomic E-state index is 0.157. The average molecular weight is 432 g/mol. The van der Waals surface area contributed by atoms with Gasteiger partial charge in [0, 0.05) is 22.2 Å². The molecule has 0 amide bonds. The van der Waals surface area contributed by atoms with E-state index in [2.05, 4.69) is 11.8 Å². The highest BCUT2D eigenvalue weighted by molar-refractivity contribution is 6.37. The van der Waals surface area contributed by atoms with Crippen molar-refractivity contribution in [3.63, 3.8) is 0 Å². The number of carbonyl (C=O) groups is 1. The topological polar surface area (TPSA) is 49.8 Å². The molecule has 6 heteroatoms. The number of ketones is 1. The first kappa shape index (κ1) is 20.3. The van der Waals surface area contributed by atoms with E-state index in [1.807, 2.05) is 0 Å². The van der Waals surface area contributed by atoms with E-state index >= 15 is 0 Å². The Kier molecular flexibility index (Phi) is 5.60. The van der Waals surface area contributed by atoms with Crippen LogP contribution in [0, 0.1) is 12.8 Å². The van der Waals surface area contributed by atoms with Gasteiger partial charge in [-0.15, -0.1) is 0 Å². The second-order valence-corrected chi connectivity index (χ2v) is 8.74. The zero-order valence-electron chi connectivity index (χ0n) is 16.5. The molecule has 2 aromatic rings. The Bertz CT molecular complexity index is 987. The second kappa shape index (κ2) is 8.02. The van der Waals surface area contributed by atoms with Crippen LogP contribution in [0.1, 0.15) is 46.8 Å². The Morgan fingerprint density at radius 3 is 2.55 bits per heavy atom. The molecule has 0 atom stereocenters. The second-order valence-electron chi connectivity index (χ2n) is 7.93. The Hall–Kier alpha value is -2.01. The highest BCUT2D eigenvalue weighted by Gasteiger charge is 2.34. The predicted molar refractivity (Wildman–Crippen MR) is 116 cm³/mol. The average Bonchev–Trinajstić information content (AvgIpc) is 3.00. The van der Waals surface area contributed by atoms with E-state index in [4.69, 9.17) is 27.9 Å². The summed E-state index contributed by atoms with van der Waals surface area (Å²) in [6.45, 7) is 6.55. The van der Waals surface area contributed by atoms with E-state index < -0.39 is 0 Å². The van der Waals surface area contributed by atoms with Crippen molar-refractivity contribution in [2.45, 2.75) is 33.2 Å². The van der Waals surface area contributed by atoms with Crippen LogP contribution >= 0.6 is 23.2 Å². The molecule has 0 unspecified atom stereocenters. The minimum Gasteiger partial charge on any atom is -0.507 e. The van der Waals surface area contributed by atoms with Crippen LogP contribution < -0.4 is 4.74 Å². The van der Waals surface area contributed by atoms with Gasteiger partial charge >= 0.3 is 0 Å². The smallest absolute Gasteiger partial charge is 0.232 e. The molecular weight excluding hydrogens is 409 g/mol. The molecular formula is C23H23Cl2NO3. The highest BCUT2D eigenvalue weighted by atomic mass is 35.5. The Balaban J connectivity index is 1.71. The van der Waals surface area contributed by atoms with Crippen molar-refractivity contribution in [3.05, 3.63) is 62.3 Å². The highest BCUT2D eigenvalue weighted by Crippen LogP contribution is 2.43. The first-order valence-electron chi connectivity index (χ1n) is 9.81. The molecule has 1 N–H and O–H groups in total. The van der Waals surface area contributed by atoms with Crippen LogP contribution in [-0.2, 0) is 6.54 Å².